The van der Waals surface area contributed by atoms with E-state index < -0.39 is 0 Å². The Morgan fingerprint density at radius 2 is 1.80 bits per heavy atom. The molecule has 150 valence electrons. The Morgan fingerprint density at radius 1 is 1.07 bits per heavy atom. The van der Waals surface area contributed by atoms with Crippen LogP contribution in [0.25, 0.3) is 16.6 Å². The van der Waals surface area contributed by atoms with Crippen LogP contribution >= 0.6 is 34.4 Å². The Kier molecular flexibility index (Phi) is 6.19. The molecule has 30 heavy (non-hydrogen) atoms. The lowest BCUT2D eigenvalue weighted by atomic mass is 10.2. The quantitative estimate of drug-likeness (QED) is 0.225. The van der Waals surface area contributed by atoms with E-state index in [4.69, 9.17) is 4.98 Å². The van der Waals surface area contributed by atoms with Crippen LogP contribution in [0, 0.1) is 10.5 Å². The molecule has 1 heterocycles. The summed E-state index contributed by atoms with van der Waals surface area (Å²) in [5.74, 6) is -0.00500. The van der Waals surface area contributed by atoms with E-state index in [1.54, 1.807) is 4.57 Å². The Balaban J connectivity index is 1.69. The van der Waals surface area contributed by atoms with Crippen molar-refractivity contribution in [3.63, 3.8) is 0 Å². The molecule has 1 N–H and O–H groups in total. The summed E-state index contributed by atoms with van der Waals surface area (Å²) in [7, 11) is 0. The van der Waals surface area contributed by atoms with Gasteiger partial charge in [0, 0.05) is 9.26 Å². The van der Waals surface area contributed by atoms with Crippen molar-refractivity contribution in [1.82, 2.24) is 9.55 Å². The number of nitrogens with one attached hydrogen (secondary N) is 1. The molecular formula is C23H18IN3O2S. The van der Waals surface area contributed by atoms with Gasteiger partial charge in [0.25, 0.3) is 5.56 Å². The minimum absolute atomic E-state index is 0.142. The summed E-state index contributed by atoms with van der Waals surface area (Å²) in [5, 5.41) is 3.96. The average Bonchev–Trinajstić information content (AvgIpc) is 2.75. The molecule has 7 heteroatoms. The second kappa shape index (κ2) is 9.01. The van der Waals surface area contributed by atoms with E-state index in [0.717, 1.165) is 20.5 Å². The molecule has 0 aliphatic rings. The molecule has 3 aromatic carbocycles. The number of nitrogens with zero attached hydrogens (tertiary/aromatic N) is 2. The Bertz CT molecular complexity index is 1290. The van der Waals surface area contributed by atoms with Crippen LogP contribution in [0.2, 0.25) is 0 Å². The molecule has 0 unspecified atom stereocenters. The van der Waals surface area contributed by atoms with Crippen LogP contribution in [0.1, 0.15) is 5.56 Å². The molecule has 5 nitrogen and oxygen atoms in total. The molecule has 0 aliphatic heterocycles. The summed E-state index contributed by atoms with van der Waals surface area (Å²) in [6.07, 6.45) is 0. The van der Waals surface area contributed by atoms with E-state index in [1.165, 1.54) is 11.8 Å². The Morgan fingerprint density at radius 3 is 2.57 bits per heavy atom. The first-order valence-electron chi connectivity index (χ1n) is 9.29. The summed E-state index contributed by atoms with van der Waals surface area (Å²) in [6, 6.07) is 22.6. The first-order chi connectivity index (χ1) is 14.5. The van der Waals surface area contributed by atoms with Crippen LogP contribution in [0.5, 0.6) is 0 Å². The van der Waals surface area contributed by atoms with Gasteiger partial charge in [-0.25, -0.2) is 4.98 Å². The summed E-state index contributed by atoms with van der Waals surface area (Å²) in [6.45, 7) is 1.95. The van der Waals surface area contributed by atoms with Gasteiger partial charge < -0.3 is 5.32 Å². The number of benzene rings is 3. The third-order valence-corrected chi connectivity index (χ3v) is 6.17. The Labute approximate surface area is 191 Å². The summed E-state index contributed by atoms with van der Waals surface area (Å²) in [4.78, 5) is 30.5. The van der Waals surface area contributed by atoms with E-state index in [-0.39, 0.29) is 17.2 Å². The van der Waals surface area contributed by atoms with Gasteiger partial charge in [0.05, 0.1) is 22.3 Å². The molecule has 0 saturated carbocycles. The lowest BCUT2D eigenvalue weighted by Crippen LogP contribution is -2.23. The van der Waals surface area contributed by atoms with Gasteiger partial charge in [0.15, 0.2) is 5.16 Å². The maximum atomic E-state index is 13.3. The number of carbonyl (C=O) groups excluding carboxylic acids is 1. The van der Waals surface area contributed by atoms with Crippen molar-refractivity contribution in [3.05, 3.63) is 92.3 Å². The normalized spacial score (nSPS) is 10.9. The van der Waals surface area contributed by atoms with E-state index in [2.05, 4.69) is 27.9 Å². The number of hydrogen-bond acceptors (Lipinski definition) is 4. The lowest BCUT2D eigenvalue weighted by Gasteiger charge is -2.13. The van der Waals surface area contributed by atoms with Gasteiger partial charge in [-0.15, -0.1) is 0 Å². The van der Waals surface area contributed by atoms with Gasteiger partial charge >= 0.3 is 0 Å². The molecule has 0 saturated heterocycles. The number of aryl methyl sites for hydroxylation is 1. The lowest BCUT2D eigenvalue weighted by molar-refractivity contribution is -0.113. The van der Waals surface area contributed by atoms with Crippen molar-refractivity contribution < 1.29 is 4.79 Å². The second-order valence-electron chi connectivity index (χ2n) is 6.68. The van der Waals surface area contributed by atoms with E-state index >= 15 is 0 Å². The van der Waals surface area contributed by atoms with E-state index in [9.17, 15) is 9.59 Å². The molecule has 0 bridgehead atoms. The number of hydrogen-bond donors (Lipinski definition) is 1. The number of fused-ring (bicyclic) bond motifs is 1. The monoisotopic (exact) mass is 527 g/mol. The zero-order chi connectivity index (χ0) is 21.1. The second-order valence-corrected chi connectivity index (χ2v) is 8.87. The van der Waals surface area contributed by atoms with E-state index in [1.807, 2.05) is 79.7 Å². The predicted octanol–water partition coefficient (Wildman–Crippen LogP) is 5.03. The van der Waals surface area contributed by atoms with Gasteiger partial charge in [-0.1, -0.05) is 48.2 Å². The summed E-state index contributed by atoms with van der Waals surface area (Å²) in [5.41, 5.74) is 2.97. The third kappa shape index (κ3) is 4.41. The fraction of sp³-hybridized carbons (Fsp3) is 0.0870. The van der Waals surface area contributed by atoms with Crippen LogP contribution < -0.4 is 10.9 Å². The standard InChI is InChI=1S/C23H18IN3O2S/c1-15-7-5-6-10-19(15)25-21(28)14-30-23-26-20-12-11-16(24)13-18(20)22(29)27(23)17-8-3-2-4-9-17/h2-13H,14H2,1H3,(H,25,28). The number of rotatable bonds is 5. The highest BCUT2D eigenvalue weighted by molar-refractivity contribution is 14.1. The smallest absolute Gasteiger partial charge is 0.266 e. The highest BCUT2D eigenvalue weighted by atomic mass is 127. The number of thioether (sulfide) groups is 1. The molecule has 1 aromatic heterocycles. The zero-order valence-corrected chi connectivity index (χ0v) is 19.1. The van der Waals surface area contributed by atoms with Crippen LogP contribution in [0.4, 0.5) is 5.69 Å². The molecule has 4 aromatic rings. The first kappa shape index (κ1) is 20.6. The fourth-order valence-electron chi connectivity index (χ4n) is 3.07. The van der Waals surface area contributed by atoms with Gasteiger partial charge in [-0.2, -0.15) is 0 Å². The highest BCUT2D eigenvalue weighted by Crippen LogP contribution is 2.23. The van der Waals surface area contributed by atoms with Gasteiger partial charge in [0.2, 0.25) is 5.91 Å². The zero-order valence-electron chi connectivity index (χ0n) is 16.1. The van der Waals surface area contributed by atoms with Crippen LogP contribution in [-0.4, -0.2) is 21.2 Å². The van der Waals surface area contributed by atoms with Crippen LogP contribution in [0.3, 0.4) is 0 Å². The topological polar surface area (TPSA) is 64.0 Å². The minimum Gasteiger partial charge on any atom is -0.325 e. The van der Waals surface area contributed by atoms with Crippen molar-refractivity contribution >= 4 is 56.9 Å². The van der Waals surface area contributed by atoms with Crippen molar-refractivity contribution in [2.75, 3.05) is 11.1 Å². The molecule has 0 atom stereocenters. The molecule has 4 rings (SSSR count). The van der Waals surface area contributed by atoms with Crippen molar-refractivity contribution in [3.8, 4) is 5.69 Å². The van der Waals surface area contributed by atoms with Gasteiger partial charge in [0.1, 0.15) is 0 Å². The van der Waals surface area contributed by atoms with Gasteiger partial charge in [-0.05, 0) is 71.5 Å². The average molecular weight is 527 g/mol. The maximum absolute atomic E-state index is 13.3. The molecule has 0 radical (unpaired) electrons. The maximum Gasteiger partial charge on any atom is 0.266 e. The number of para-hydroxylation sites is 2. The van der Waals surface area contributed by atoms with Gasteiger partial charge in [-0.3, -0.25) is 14.2 Å². The number of aromatic nitrogens is 2. The molecule has 0 fully saturated rings. The summed E-state index contributed by atoms with van der Waals surface area (Å²) < 4.78 is 2.54. The molecule has 0 spiro atoms. The number of carbonyl (C=O) groups is 1. The first-order valence-corrected chi connectivity index (χ1v) is 11.4. The van der Waals surface area contributed by atoms with Crippen molar-refractivity contribution in [2.24, 2.45) is 0 Å². The number of amides is 1. The van der Waals surface area contributed by atoms with Crippen molar-refractivity contribution in [1.29, 1.82) is 0 Å². The molecular weight excluding hydrogens is 509 g/mol. The van der Waals surface area contributed by atoms with E-state index in [0.29, 0.717) is 16.1 Å². The largest absolute Gasteiger partial charge is 0.325 e. The fourth-order valence-corrected chi connectivity index (χ4v) is 4.37. The molecule has 1 amide bonds. The SMILES string of the molecule is Cc1ccccc1NC(=O)CSc1nc2ccc(I)cc2c(=O)n1-c1ccccc1. The highest BCUT2D eigenvalue weighted by Gasteiger charge is 2.15. The van der Waals surface area contributed by atoms with Crippen molar-refractivity contribution in [2.45, 2.75) is 12.1 Å². The number of anilines is 1. The minimum atomic E-state index is -0.147. The summed E-state index contributed by atoms with van der Waals surface area (Å²) >= 11 is 3.43. The van der Waals surface area contributed by atoms with Crippen LogP contribution in [-0.2, 0) is 4.79 Å². The molecule has 0 aliphatic carbocycles. The Hall–Kier alpha value is -2.65. The predicted molar refractivity (Wildman–Crippen MR) is 131 cm³/mol. The third-order valence-electron chi connectivity index (χ3n) is 4.57. The number of halogens is 1. The van der Waals surface area contributed by atoms with Crippen LogP contribution in [0.15, 0.2) is 82.7 Å².